The topological polar surface area (TPSA) is 88.6 Å². The summed E-state index contributed by atoms with van der Waals surface area (Å²) in [6.45, 7) is 3.00. The van der Waals surface area contributed by atoms with Gasteiger partial charge in [-0.3, -0.25) is 9.48 Å². The lowest BCUT2D eigenvalue weighted by Gasteiger charge is -2.32. The summed E-state index contributed by atoms with van der Waals surface area (Å²) in [6.07, 6.45) is 6.16. The SMILES string of the molecule is Cc1c(C(=O)O)cnn1C1CCN(C(=O)c2cccc(-c3ccoc3)c2)CC1. The van der Waals surface area contributed by atoms with Gasteiger partial charge in [-0.05, 0) is 43.5 Å². The molecule has 0 aliphatic carbocycles. The first kappa shape index (κ1) is 18.0. The first-order valence-electron chi connectivity index (χ1n) is 9.24. The molecule has 1 amide bonds. The first-order chi connectivity index (χ1) is 13.5. The van der Waals surface area contributed by atoms with Crippen molar-refractivity contribution < 1.29 is 19.1 Å². The Hall–Kier alpha value is -3.35. The number of likely N-dealkylation sites (tertiary alicyclic amines) is 1. The number of amides is 1. The van der Waals surface area contributed by atoms with E-state index in [0.717, 1.165) is 24.0 Å². The Labute approximate surface area is 162 Å². The summed E-state index contributed by atoms with van der Waals surface area (Å²) in [5.74, 6) is -0.957. The molecule has 4 rings (SSSR count). The van der Waals surface area contributed by atoms with Crippen molar-refractivity contribution in [2.75, 3.05) is 13.1 Å². The summed E-state index contributed by atoms with van der Waals surface area (Å²) in [4.78, 5) is 26.0. The lowest BCUT2D eigenvalue weighted by Crippen LogP contribution is -2.39. The number of carboxylic acid groups (broad SMARTS) is 1. The summed E-state index contributed by atoms with van der Waals surface area (Å²) < 4.78 is 6.91. The van der Waals surface area contributed by atoms with Gasteiger partial charge in [0.05, 0.1) is 30.5 Å². The molecule has 1 N–H and O–H groups in total. The molecule has 0 bridgehead atoms. The molecule has 3 aromatic rings. The Balaban J connectivity index is 1.45. The van der Waals surface area contributed by atoms with E-state index in [-0.39, 0.29) is 17.5 Å². The van der Waals surface area contributed by atoms with Gasteiger partial charge in [0.1, 0.15) is 5.56 Å². The van der Waals surface area contributed by atoms with Crippen LogP contribution in [0.5, 0.6) is 0 Å². The average Bonchev–Trinajstić information content (AvgIpc) is 3.38. The van der Waals surface area contributed by atoms with E-state index in [9.17, 15) is 14.7 Å². The molecular formula is C21H21N3O4. The molecule has 1 fully saturated rings. The molecule has 144 valence electrons. The second-order valence-electron chi connectivity index (χ2n) is 7.01. The van der Waals surface area contributed by atoms with Crippen LogP contribution in [0.1, 0.15) is 45.3 Å². The Bertz CT molecular complexity index is 999. The molecule has 7 heteroatoms. The van der Waals surface area contributed by atoms with Gasteiger partial charge in [0.15, 0.2) is 0 Å². The fraction of sp³-hybridized carbons (Fsp3) is 0.286. The quantitative estimate of drug-likeness (QED) is 0.748. The summed E-state index contributed by atoms with van der Waals surface area (Å²) in [5, 5.41) is 13.4. The summed E-state index contributed by atoms with van der Waals surface area (Å²) in [7, 11) is 0. The molecule has 28 heavy (non-hydrogen) atoms. The van der Waals surface area contributed by atoms with Gasteiger partial charge < -0.3 is 14.4 Å². The maximum Gasteiger partial charge on any atom is 0.339 e. The van der Waals surface area contributed by atoms with Crippen molar-refractivity contribution in [1.82, 2.24) is 14.7 Å². The zero-order chi connectivity index (χ0) is 19.7. The van der Waals surface area contributed by atoms with E-state index in [1.807, 2.05) is 35.2 Å². The summed E-state index contributed by atoms with van der Waals surface area (Å²) in [5.41, 5.74) is 3.43. The predicted molar refractivity (Wildman–Crippen MR) is 102 cm³/mol. The van der Waals surface area contributed by atoms with Crippen LogP contribution in [0.15, 0.2) is 53.5 Å². The van der Waals surface area contributed by atoms with Crippen LogP contribution < -0.4 is 0 Å². The third-order valence-corrected chi connectivity index (χ3v) is 5.34. The second kappa shape index (κ2) is 7.34. The Morgan fingerprint density at radius 3 is 2.61 bits per heavy atom. The minimum atomic E-state index is -0.964. The first-order valence-corrected chi connectivity index (χ1v) is 9.24. The summed E-state index contributed by atoms with van der Waals surface area (Å²) >= 11 is 0. The van der Waals surface area contributed by atoms with Gasteiger partial charge >= 0.3 is 5.97 Å². The Morgan fingerprint density at radius 1 is 1.18 bits per heavy atom. The van der Waals surface area contributed by atoms with Gasteiger partial charge in [0.25, 0.3) is 5.91 Å². The number of nitrogens with zero attached hydrogens (tertiary/aromatic N) is 3. The van der Waals surface area contributed by atoms with E-state index < -0.39 is 5.97 Å². The number of rotatable bonds is 4. The van der Waals surface area contributed by atoms with Crippen molar-refractivity contribution >= 4 is 11.9 Å². The number of carboxylic acids is 1. The molecular weight excluding hydrogens is 358 g/mol. The maximum absolute atomic E-state index is 12.9. The van der Waals surface area contributed by atoms with Crippen LogP contribution in [0.25, 0.3) is 11.1 Å². The van der Waals surface area contributed by atoms with Gasteiger partial charge in [-0.15, -0.1) is 0 Å². The normalized spacial score (nSPS) is 15.0. The number of hydrogen-bond donors (Lipinski definition) is 1. The molecule has 1 saturated heterocycles. The molecule has 2 aromatic heterocycles. The predicted octanol–water partition coefficient (Wildman–Crippen LogP) is 3.63. The average molecular weight is 379 g/mol. The molecule has 1 aliphatic rings. The van der Waals surface area contributed by atoms with Crippen molar-refractivity contribution in [2.24, 2.45) is 0 Å². The maximum atomic E-state index is 12.9. The number of piperidine rings is 1. The van der Waals surface area contributed by atoms with Gasteiger partial charge in [-0.2, -0.15) is 5.10 Å². The van der Waals surface area contributed by atoms with Crippen molar-refractivity contribution in [1.29, 1.82) is 0 Å². The van der Waals surface area contributed by atoms with Gasteiger partial charge in [-0.1, -0.05) is 12.1 Å². The van der Waals surface area contributed by atoms with Crippen LogP contribution >= 0.6 is 0 Å². The van der Waals surface area contributed by atoms with Crippen LogP contribution in [0.2, 0.25) is 0 Å². The Morgan fingerprint density at radius 2 is 1.96 bits per heavy atom. The number of carbonyl (C=O) groups excluding carboxylic acids is 1. The van der Waals surface area contributed by atoms with Crippen LogP contribution in [0.3, 0.4) is 0 Å². The zero-order valence-electron chi connectivity index (χ0n) is 15.5. The minimum Gasteiger partial charge on any atom is -0.478 e. The molecule has 1 aliphatic heterocycles. The molecule has 0 saturated carbocycles. The fourth-order valence-electron chi connectivity index (χ4n) is 3.76. The van der Waals surface area contributed by atoms with E-state index in [2.05, 4.69) is 5.10 Å². The highest BCUT2D eigenvalue weighted by molar-refractivity contribution is 5.95. The van der Waals surface area contributed by atoms with Gasteiger partial charge in [0, 0.05) is 24.2 Å². The van der Waals surface area contributed by atoms with E-state index in [1.165, 1.54) is 6.20 Å². The Kier molecular flexibility index (Phi) is 4.73. The second-order valence-corrected chi connectivity index (χ2v) is 7.01. The van der Waals surface area contributed by atoms with Crippen LogP contribution in [0.4, 0.5) is 0 Å². The number of aromatic nitrogens is 2. The van der Waals surface area contributed by atoms with Gasteiger partial charge in [-0.25, -0.2) is 4.79 Å². The minimum absolute atomic E-state index is 0.00667. The largest absolute Gasteiger partial charge is 0.478 e. The fourth-order valence-corrected chi connectivity index (χ4v) is 3.76. The van der Waals surface area contributed by atoms with Crippen LogP contribution in [0, 0.1) is 6.92 Å². The highest BCUT2D eigenvalue weighted by atomic mass is 16.4. The number of carbonyl (C=O) groups is 2. The molecule has 0 spiro atoms. The lowest BCUT2D eigenvalue weighted by atomic mass is 10.0. The molecule has 1 aromatic carbocycles. The van der Waals surface area contributed by atoms with Crippen LogP contribution in [-0.4, -0.2) is 44.8 Å². The number of benzene rings is 1. The zero-order valence-corrected chi connectivity index (χ0v) is 15.5. The monoisotopic (exact) mass is 379 g/mol. The van der Waals surface area contributed by atoms with E-state index in [1.54, 1.807) is 24.1 Å². The third kappa shape index (κ3) is 3.31. The molecule has 0 radical (unpaired) electrons. The van der Waals surface area contributed by atoms with E-state index in [0.29, 0.717) is 24.3 Å². The van der Waals surface area contributed by atoms with E-state index >= 15 is 0 Å². The van der Waals surface area contributed by atoms with Crippen molar-refractivity contribution in [3.63, 3.8) is 0 Å². The third-order valence-electron chi connectivity index (χ3n) is 5.34. The standard InChI is InChI=1S/C21H21N3O4/c1-14-19(21(26)27)12-22-24(14)18-5-8-23(9-6-18)20(25)16-4-2-3-15(11-16)17-7-10-28-13-17/h2-4,7,10-13,18H,5-6,8-9H2,1H3,(H,26,27). The number of aromatic carboxylic acids is 1. The van der Waals surface area contributed by atoms with Crippen molar-refractivity contribution in [2.45, 2.75) is 25.8 Å². The number of furan rings is 1. The highest BCUT2D eigenvalue weighted by Gasteiger charge is 2.27. The molecule has 3 heterocycles. The molecule has 7 nitrogen and oxygen atoms in total. The number of hydrogen-bond acceptors (Lipinski definition) is 4. The summed E-state index contributed by atoms with van der Waals surface area (Å²) in [6, 6.07) is 9.52. The van der Waals surface area contributed by atoms with E-state index in [4.69, 9.17) is 4.42 Å². The lowest BCUT2D eigenvalue weighted by molar-refractivity contribution is 0.0688. The smallest absolute Gasteiger partial charge is 0.339 e. The molecule has 0 unspecified atom stereocenters. The van der Waals surface area contributed by atoms with Crippen molar-refractivity contribution in [3.8, 4) is 11.1 Å². The molecule has 0 atom stereocenters. The highest BCUT2D eigenvalue weighted by Crippen LogP contribution is 2.27. The van der Waals surface area contributed by atoms with Gasteiger partial charge in [0.2, 0.25) is 0 Å². The van der Waals surface area contributed by atoms with Crippen molar-refractivity contribution in [3.05, 3.63) is 65.9 Å². The van der Waals surface area contributed by atoms with Crippen LogP contribution in [-0.2, 0) is 0 Å².